The van der Waals surface area contributed by atoms with E-state index in [0.29, 0.717) is 22.1 Å². The molecule has 0 spiro atoms. The summed E-state index contributed by atoms with van der Waals surface area (Å²) in [7, 11) is 0. The van der Waals surface area contributed by atoms with Gasteiger partial charge in [0.1, 0.15) is 11.8 Å². The fraction of sp³-hybridized carbons (Fsp3) is 0. The molecule has 0 aliphatic heterocycles. The number of hydrogen-bond donors (Lipinski definition) is 0. The molecule has 0 amide bonds. The molecule has 2 aromatic rings. The summed E-state index contributed by atoms with van der Waals surface area (Å²) in [6.07, 6.45) is 1.61. The summed E-state index contributed by atoms with van der Waals surface area (Å²) >= 11 is 1.32. The Kier molecular flexibility index (Phi) is 2.81. The van der Waals surface area contributed by atoms with Gasteiger partial charge in [-0.25, -0.2) is 4.98 Å². The van der Waals surface area contributed by atoms with Crippen molar-refractivity contribution < 1.29 is 4.74 Å². The minimum Gasteiger partial charge on any atom is -0.429 e. The maximum atomic E-state index is 8.88. The number of thiazole rings is 1. The normalized spacial score (nSPS) is 9.12. The molecule has 0 aliphatic carbocycles. The van der Waals surface area contributed by atoms with Crippen LogP contribution in [-0.4, -0.2) is 4.98 Å². The quantitative estimate of drug-likeness (QED) is 0.790. The zero-order chi connectivity index (χ0) is 11.4. The minimum atomic E-state index is 0.358. The van der Waals surface area contributed by atoms with Crippen LogP contribution in [0.25, 0.3) is 0 Å². The Morgan fingerprint density at radius 1 is 1.25 bits per heavy atom. The van der Waals surface area contributed by atoms with Gasteiger partial charge in [0.15, 0.2) is 0 Å². The van der Waals surface area contributed by atoms with E-state index in [4.69, 9.17) is 15.3 Å². The Morgan fingerprint density at radius 3 is 2.75 bits per heavy atom. The second-order valence-electron chi connectivity index (χ2n) is 2.83. The molecule has 0 fully saturated rings. The van der Waals surface area contributed by atoms with Gasteiger partial charge in [0.25, 0.3) is 5.19 Å². The topological polar surface area (TPSA) is 69.7 Å². The van der Waals surface area contributed by atoms with Crippen LogP contribution < -0.4 is 4.74 Å². The lowest BCUT2D eigenvalue weighted by molar-refractivity contribution is 0.477. The third kappa shape index (κ3) is 2.00. The Bertz CT molecular complexity index is 578. The molecule has 0 saturated heterocycles. The average Bonchev–Trinajstić information content (AvgIpc) is 2.82. The zero-order valence-electron chi connectivity index (χ0n) is 8.04. The number of aromatic nitrogens is 1. The molecule has 1 aromatic heterocycles. The van der Waals surface area contributed by atoms with Gasteiger partial charge in [-0.05, 0) is 12.1 Å². The monoisotopic (exact) mass is 227 g/mol. The Hall–Kier alpha value is -2.37. The van der Waals surface area contributed by atoms with Gasteiger partial charge in [-0.1, -0.05) is 11.3 Å². The SMILES string of the molecule is N#Cc1ccc(C#N)c(Oc2nccs2)c1. The van der Waals surface area contributed by atoms with Crippen LogP contribution in [0, 0.1) is 22.7 Å². The molecule has 16 heavy (non-hydrogen) atoms. The number of ether oxygens (including phenoxy) is 1. The lowest BCUT2D eigenvalue weighted by atomic mass is 10.1. The van der Waals surface area contributed by atoms with E-state index in [1.807, 2.05) is 12.1 Å². The molecule has 1 aromatic carbocycles. The summed E-state index contributed by atoms with van der Waals surface area (Å²) in [5.41, 5.74) is 0.833. The molecular formula is C11H5N3OS. The van der Waals surface area contributed by atoms with E-state index in [1.165, 1.54) is 17.4 Å². The highest BCUT2D eigenvalue weighted by molar-refractivity contribution is 7.11. The van der Waals surface area contributed by atoms with Crippen molar-refractivity contribution in [2.75, 3.05) is 0 Å². The number of nitrogens with zero attached hydrogens (tertiary/aromatic N) is 3. The van der Waals surface area contributed by atoms with Gasteiger partial charge in [0, 0.05) is 17.6 Å². The molecule has 5 heteroatoms. The van der Waals surface area contributed by atoms with Crippen LogP contribution >= 0.6 is 11.3 Å². The Balaban J connectivity index is 2.39. The standard InChI is InChI=1S/C11H5N3OS/c12-6-8-1-2-9(7-13)10(5-8)15-11-14-3-4-16-11/h1-5H. The predicted molar refractivity (Wildman–Crippen MR) is 58.1 cm³/mol. The first-order chi connectivity index (χ1) is 7.83. The Labute approximate surface area is 96.0 Å². The van der Waals surface area contributed by atoms with Crippen molar-refractivity contribution >= 4 is 11.3 Å². The first-order valence-electron chi connectivity index (χ1n) is 4.35. The van der Waals surface area contributed by atoms with Crippen molar-refractivity contribution in [2.24, 2.45) is 0 Å². The fourth-order valence-corrected chi connectivity index (χ4v) is 1.62. The number of benzene rings is 1. The van der Waals surface area contributed by atoms with Crippen LogP contribution in [0.1, 0.15) is 11.1 Å². The summed E-state index contributed by atoms with van der Waals surface area (Å²) in [5.74, 6) is 0.358. The smallest absolute Gasteiger partial charge is 0.278 e. The van der Waals surface area contributed by atoms with Crippen molar-refractivity contribution in [1.29, 1.82) is 10.5 Å². The van der Waals surface area contributed by atoms with Gasteiger partial charge in [-0.3, -0.25) is 0 Å². The third-order valence-corrected chi connectivity index (χ3v) is 2.49. The van der Waals surface area contributed by atoms with Gasteiger partial charge in [0.05, 0.1) is 17.2 Å². The van der Waals surface area contributed by atoms with Crippen molar-refractivity contribution in [3.63, 3.8) is 0 Å². The van der Waals surface area contributed by atoms with E-state index < -0.39 is 0 Å². The highest BCUT2D eigenvalue weighted by Crippen LogP contribution is 2.27. The molecule has 2 rings (SSSR count). The molecular weight excluding hydrogens is 222 g/mol. The minimum absolute atomic E-state index is 0.358. The van der Waals surface area contributed by atoms with Gasteiger partial charge in [0.2, 0.25) is 0 Å². The molecule has 0 N–H and O–H groups in total. The van der Waals surface area contributed by atoms with Crippen LogP contribution in [0.15, 0.2) is 29.8 Å². The number of rotatable bonds is 2. The van der Waals surface area contributed by atoms with Gasteiger partial charge in [-0.15, -0.1) is 0 Å². The molecule has 0 aliphatic rings. The molecule has 1 heterocycles. The molecule has 0 saturated carbocycles. The largest absolute Gasteiger partial charge is 0.429 e. The summed E-state index contributed by atoms with van der Waals surface area (Å²) < 4.78 is 5.42. The van der Waals surface area contributed by atoms with Crippen molar-refractivity contribution in [2.45, 2.75) is 0 Å². The maximum Gasteiger partial charge on any atom is 0.278 e. The lowest BCUT2D eigenvalue weighted by Crippen LogP contribution is -1.88. The summed E-state index contributed by atoms with van der Waals surface area (Å²) in [6.45, 7) is 0. The van der Waals surface area contributed by atoms with Gasteiger partial charge < -0.3 is 4.74 Å². The number of nitriles is 2. The van der Waals surface area contributed by atoms with Crippen molar-refractivity contribution in [1.82, 2.24) is 4.98 Å². The molecule has 0 atom stereocenters. The van der Waals surface area contributed by atoms with Gasteiger partial charge >= 0.3 is 0 Å². The predicted octanol–water partition coefficient (Wildman–Crippen LogP) is 2.68. The second kappa shape index (κ2) is 4.43. The van der Waals surface area contributed by atoms with Crippen LogP contribution in [-0.2, 0) is 0 Å². The van der Waals surface area contributed by atoms with E-state index in [1.54, 1.807) is 23.7 Å². The summed E-state index contributed by atoms with van der Waals surface area (Å²) in [6, 6.07) is 8.66. The van der Waals surface area contributed by atoms with Crippen LogP contribution in [0.3, 0.4) is 0 Å². The zero-order valence-corrected chi connectivity index (χ0v) is 8.86. The average molecular weight is 227 g/mol. The summed E-state index contributed by atoms with van der Waals surface area (Å²) in [4.78, 5) is 3.95. The highest BCUT2D eigenvalue weighted by Gasteiger charge is 2.07. The molecule has 0 unspecified atom stereocenters. The van der Waals surface area contributed by atoms with E-state index >= 15 is 0 Å². The van der Waals surface area contributed by atoms with Crippen LogP contribution in [0.4, 0.5) is 0 Å². The van der Waals surface area contributed by atoms with E-state index in [9.17, 15) is 0 Å². The van der Waals surface area contributed by atoms with E-state index in [-0.39, 0.29) is 0 Å². The van der Waals surface area contributed by atoms with Gasteiger partial charge in [-0.2, -0.15) is 10.5 Å². The highest BCUT2D eigenvalue weighted by atomic mass is 32.1. The molecule has 4 nitrogen and oxygen atoms in total. The first kappa shape index (κ1) is 10.2. The van der Waals surface area contributed by atoms with Crippen molar-refractivity contribution in [3.8, 4) is 23.1 Å². The fourth-order valence-electron chi connectivity index (χ4n) is 1.12. The van der Waals surface area contributed by atoms with Crippen LogP contribution in [0.5, 0.6) is 10.9 Å². The second-order valence-corrected chi connectivity index (χ2v) is 3.69. The Morgan fingerprint density at radius 2 is 2.12 bits per heavy atom. The molecule has 76 valence electrons. The van der Waals surface area contributed by atoms with Crippen molar-refractivity contribution in [3.05, 3.63) is 40.9 Å². The van der Waals surface area contributed by atoms with Crippen LogP contribution in [0.2, 0.25) is 0 Å². The maximum absolute atomic E-state index is 8.88. The third-order valence-electron chi connectivity index (χ3n) is 1.84. The van der Waals surface area contributed by atoms with E-state index in [2.05, 4.69) is 4.98 Å². The van der Waals surface area contributed by atoms with E-state index in [0.717, 1.165) is 0 Å². The summed E-state index contributed by atoms with van der Waals surface area (Å²) in [5, 5.41) is 19.9. The first-order valence-corrected chi connectivity index (χ1v) is 5.23. The lowest BCUT2D eigenvalue weighted by Gasteiger charge is -2.03. The number of hydrogen-bond acceptors (Lipinski definition) is 5. The molecule has 0 radical (unpaired) electrons. The molecule has 0 bridgehead atoms.